The molecule has 0 amide bonds. The fourth-order valence-electron chi connectivity index (χ4n) is 1.45. The molecule has 5 nitrogen and oxygen atoms in total. The van der Waals surface area contributed by atoms with Crippen LogP contribution < -0.4 is 5.73 Å². The van der Waals surface area contributed by atoms with E-state index in [4.69, 9.17) is 10.5 Å². The topological polar surface area (TPSA) is 66.0 Å². The molecule has 15 heavy (non-hydrogen) atoms. The lowest BCUT2D eigenvalue weighted by atomic mass is 9.92. The fraction of sp³-hybridized carbons (Fsp3) is 0.778. The summed E-state index contributed by atoms with van der Waals surface area (Å²) in [5.74, 6) is 0. The van der Waals surface area contributed by atoms with Crippen molar-refractivity contribution in [3.8, 4) is 0 Å². The van der Waals surface area contributed by atoms with E-state index in [1.807, 2.05) is 20.9 Å². The molecular weight excluding hydrogens is 260 g/mol. The predicted molar refractivity (Wildman–Crippen MR) is 61.3 cm³/mol. The zero-order chi connectivity index (χ0) is 11.6. The minimum atomic E-state index is -0.405. The van der Waals surface area contributed by atoms with Gasteiger partial charge in [-0.15, -0.1) is 5.10 Å². The maximum Gasteiger partial charge on any atom is 0.153 e. The molecule has 0 fully saturated rings. The molecule has 1 aromatic heterocycles. The number of aromatic nitrogens is 3. The number of methoxy groups -OCH3 is 1. The Balaban J connectivity index is 3.08. The van der Waals surface area contributed by atoms with Crippen LogP contribution in [0.4, 0.5) is 0 Å². The van der Waals surface area contributed by atoms with Crippen molar-refractivity contribution < 1.29 is 4.74 Å². The molecule has 0 saturated heterocycles. The third kappa shape index (κ3) is 2.21. The smallest absolute Gasteiger partial charge is 0.153 e. The first kappa shape index (κ1) is 12.6. The second-order valence-corrected chi connectivity index (χ2v) is 4.49. The summed E-state index contributed by atoms with van der Waals surface area (Å²) in [6.07, 6.45) is 0.822. The van der Waals surface area contributed by atoms with E-state index in [1.165, 1.54) is 0 Å². The highest BCUT2D eigenvalue weighted by molar-refractivity contribution is 9.10. The second kappa shape index (κ2) is 4.59. The van der Waals surface area contributed by atoms with Gasteiger partial charge in [0.2, 0.25) is 0 Å². The standard InChI is InChI=1S/C9H17BrN4O/c1-5-9(2,15-4)7(11)6-8(10)12-13-14(6)3/h7H,5,11H2,1-4H3. The van der Waals surface area contributed by atoms with E-state index in [0.717, 1.165) is 12.1 Å². The number of aryl methyl sites for hydroxylation is 1. The van der Waals surface area contributed by atoms with Crippen LogP contribution in [0.25, 0.3) is 0 Å². The maximum atomic E-state index is 6.18. The molecule has 0 aliphatic heterocycles. The van der Waals surface area contributed by atoms with Gasteiger partial charge in [-0.2, -0.15) is 0 Å². The van der Waals surface area contributed by atoms with E-state index < -0.39 is 5.60 Å². The summed E-state index contributed by atoms with van der Waals surface area (Å²) in [7, 11) is 3.49. The van der Waals surface area contributed by atoms with Crippen LogP contribution in [0.1, 0.15) is 32.0 Å². The monoisotopic (exact) mass is 276 g/mol. The Morgan fingerprint density at radius 2 is 2.27 bits per heavy atom. The van der Waals surface area contributed by atoms with Gasteiger partial charge in [-0.3, -0.25) is 0 Å². The molecule has 0 bridgehead atoms. The molecule has 1 heterocycles. The molecule has 2 N–H and O–H groups in total. The summed E-state index contributed by atoms with van der Waals surface area (Å²) >= 11 is 3.34. The molecule has 86 valence electrons. The summed E-state index contributed by atoms with van der Waals surface area (Å²) in [5.41, 5.74) is 6.63. The third-order valence-electron chi connectivity index (χ3n) is 2.95. The minimum Gasteiger partial charge on any atom is -0.376 e. The van der Waals surface area contributed by atoms with E-state index in [-0.39, 0.29) is 6.04 Å². The lowest BCUT2D eigenvalue weighted by molar-refractivity contribution is -0.0215. The molecule has 1 aromatic rings. The van der Waals surface area contributed by atoms with Gasteiger partial charge in [0.25, 0.3) is 0 Å². The van der Waals surface area contributed by atoms with Crippen LogP contribution in [0.15, 0.2) is 4.60 Å². The first-order valence-corrected chi connectivity index (χ1v) is 5.61. The number of nitrogens with zero attached hydrogens (tertiary/aromatic N) is 3. The number of hydrogen-bond donors (Lipinski definition) is 1. The van der Waals surface area contributed by atoms with Crippen molar-refractivity contribution in [3.05, 3.63) is 10.3 Å². The fourth-order valence-corrected chi connectivity index (χ4v) is 2.02. The molecule has 0 aliphatic rings. The molecular formula is C9H17BrN4O. The minimum absolute atomic E-state index is 0.262. The van der Waals surface area contributed by atoms with E-state index in [0.29, 0.717) is 4.60 Å². The molecule has 0 radical (unpaired) electrons. The van der Waals surface area contributed by atoms with Gasteiger partial charge in [0, 0.05) is 14.2 Å². The van der Waals surface area contributed by atoms with Crippen molar-refractivity contribution in [1.29, 1.82) is 0 Å². The summed E-state index contributed by atoms with van der Waals surface area (Å²) in [4.78, 5) is 0. The van der Waals surface area contributed by atoms with Gasteiger partial charge in [-0.05, 0) is 29.3 Å². The molecule has 2 atom stereocenters. The van der Waals surface area contributed by atoms with Gasteiger partial charge in [0.05, 0.1) is 17.3 Å². The molecule has 0 aliphatic carbocycles. The highest BCUT2D eigenvalue weighted by atomic mass is 79.9. The van der Waals surface area contributed by atoms with Gasteiger partial charge in [-0.1, -0.05) is 12.1 Å². The summed E-state index contributed by atoms with van der Waals surface area (Å²) < 4.78 is 7.81. The zero-order valence-corrected chi connectivity index (χ0v) is 11.1. The zero-order valence-electron chi connectivity index (χ0n) is 9.49. The Labute approximate surface area is 98.1 Å². The van der Waals surface area contributed by atoms with Crippen LogP contribution in [-0.4, -0.2) is 27.7 Å². The Bertz CT molecular complexity index is 315. The summed E-state index contributed by atoms with van der Waals surface area (Å²) in [5, 5.41) is 7.82. The molecule has 0 spiro atoms. The lowest BCUT2D eigenvalue weighted by Crippen LogP contribution is -2.40. The lowest BCUT2D eigenvalue weighted by Gasteiger charge is -2.33. The second-order valence-electron chi connectivity index (χ2n) is 3.74. The Morgan fingerprint density at radius 1 is 1.67 bits per heavy atom. The van der Waals surface area contributed by atoms with Crippen molar-refractivity contribution in [3.63, 3.8) is 0 Å². The number of halogens is 1. The number of ether oxygens (including phenoxy) is 1. The Morgan fingerprint density at radius 3 is 2.60 bits per heavy atom. The quantitative estimate of drug-likeness (QED) is 0.903. The Hall–Kier alpha value is -0.460. The van der Waals surface area contributed by atoms with Crippen LogP contribution in [0.2, 0.25) is 0 Å². The third-order valence-corrected chi connectivity index (χ3v) is 3.51. The molecule has 0 saturated carbocycles. The van der Waals surface area contributed by atoms with Crippen molar-refractivity contribution in [2.24, 2.45) is 12.8 Å². The van der Waals surface area contributed by atoms with E-state index >= 15 is 0 Å². The Kier molecular flexibility index (Phi) is 3.86. The maximum absolute atomic E-state index is 6.18. The van der Waals surface area contributed by atoms with E-state index in [1.54, 1.807) is 11.8 Å². The average molecular weight is 277 g/mol. The van der Waals surface area contributed by atoms with Crippen molar-refractivity contribution in [1.82, 2.24) is 15.0 Å². The predicted octanol–water partition coefficient (Wildman–Crippen LogP) is 1.39. The van der Waals surface area contributed by atoms with Gasteiger partial charge in [0.1, 0.15) is 0 Å². The van der Waals surface area contributed by atoms with E-state index in [9.17, 15) is 0 Å². The van der Waals surface area contributed by atoms with Crippen molar-refractivity contribution in [2.45, 2.75) is 31.9 Å². The molecule has 0 aromatic carbocycles. The van der Waals surface area contributed by atoms with E-state index in [2.05, 4.69) is 26.2 Å². The van der Waals surface area contributed by atoms with Crippen molar-refractivity contribution >= 4 is 15.9 Å². The number of nitrogens with two attached hydrogens (primary N) is 1. The highest BCUT2D eigenvalue weighted by Gasteiger charge is 2.34. The molecule has 1 rings (SSSR count). The van der Waals surface area contributed by atoms with Gasteiger partial charge >= 0.3 is 0 Å². The van der Waals surface area contributed by atoms with Crippen molar-refractivity contribution in [2.75, 3.05) is 7.11 Å². The van der Waals surface area contributed by atoms with Crippen LogP contribution in [0.3, 0.4) is 0 Å². The summed E-state index contributed by atoms with van der Waals surface area (Å²) in [6.45, 7) is 4.03. The average Bonchev–Trinajstić information content (AvgIpc) is 2.56. The SMILES string of the molecule is CCC(C)(OC)C(N)c1c(Br)nnn1C. The highest BCUT2D eigenvalue weighted by Crippen LogP contribution is 2.31. The number of hydrogen-bond acceptors (Lipinski definition) is 4. The molecule has 6 heteroatoms. The molecule has 2 unspecified atom stereocenters. The summed E-state index contributed by atoms with van der Waals surface area (Å²) in [6, 6.07) is -0.262. The van der Waals surface area contributed by atoms with Gasteiger partial charge in [0.15, 0.2) is 4.60 Å². The van der Waals surface area contributed by atoms with Crippen LogP contribution in [-0.2, 0) is 11.8 Å². The van der Waals surface area contributed by atoms with Gasteiger partial charge in [-0.25, -0.2) is 4.68 Å². The first-order valence-electron chi connectivity index (χ1n) is 4.82. The number of rotatable bonds is 4. The van der Waals surface area contributed by atoms with Crippen LogP contribution in [0, 0.1) is 0 Å². The van der Waals surface area contributed by atoms with Crippen LogP contribution in [0.5, 0.6) is 0 Å². The largest absolute Gasteiger partial charge is 0.376 e. The van der Waals surface area contributed by atoms with Gasteiger partial charge < -0.3 is 10.5 Å². The first-order chi connectivity index (χ1) is 6.96. The van der Waals surface area contributed by atoms with Crippen LogP contribution >= 0.6 is 15.9 Å². The normalized spacial score (nSPS) is 17.5.